The van der Waals surface area contributed by atoms with Crippen molar-refractivity contribution in [3.63, 3.8) is 0 Å². The smallest absolute Gasteiger partial charge is 0.280 e. The van der Waals surface area contributed by atoms with Crippen molar-refractivity contribution in [3.8, 4) is 17.2 Å². The highest BCUT2D eigenvalue weighted by Gasteiger charge is 2.44. The largest absolute Gasteiger partial charge is 0.448 e. The minimum atomic E-state index is -0.570. The molecule has 0 bridgehead atoms. The molecule has 2 heterocycles. The van der Waals surface area contributed by atoms with Gasteiger partial charge in [-0.2, -0.15) is 5.10 Å². The number of benzene rings is 2. The fourth-order valence-corrected chi connectivity index (χ4v) is 4.01. The second kappa shape index (κ2) is 7.02. The molecule has 30 heavy (non-hydrogen) atoms. The standard InChI is InChI=1S/C23H21N3O4/c1-15-13-18(27)21(25-26(15)17-7-3-2-4-8-17)22(28)24-16-9-10-19-20(14-16)30-23(29-19)11-5-6-12-23/h2-4,7-10,13-14H,5-6,11-12H2,1H3,(H,24,28). The molecule has 2 aliphatic rings. The molecule has 1 N–H and O–H groups in total. The number of aromatic nitrogens is 2. The number of ether oxygens (including phenoxy) is 2. The van der Waals surface area contributed by atoms with Gasteiger partial charge in [0.25, 0.3) is 11.7 Å². The van der Waals surface area contributed by atoms with Gasteiger partial charge in [0, 0.05) is 36.4 Å². The maximum absolute atomic E-state index is 12.8. The highest BCUT2D eigenvalue weighted by atomic mass is 16.7. The van der Waals surface area contributed by atoms with Crippen molar-refractivity contribution >= 4 is 11.6 Å². The van der Waals surface area contributed by atoms with Crippen molar-refractivity contribution in [2.75, 3.05) is 5.32 Å². The third-order valence-corrected chi connectivity index (χ3v) is 5.48. The molecule has 1 aliphatic heterocycles. The minimum absolute atomic E-state index is 0.172. The van der Waals surface area contributed by atoms with Crippen LogP contribution in [0.15, 0.2) is 59.4 Å². The number of para-hydroxylation sites is 1. The molecule has 0 radical (unpaired) electrons. The average molecular weight is 403 g/mol. The van der Waals surface area contributed by atoms with E-state index < -0.39 is 17.1 Å². The highest BCUT2D eigenvalue weighted by Crippen LogP contribution is 2.47. The van der Waals surface area contributed by atoms with Gasteiger partial charge in [-0.3, -0.25) is 9.59 Å². The van der Waals surface area contributed by atoms with Crippen molar-refractivity contribution < 1.29 is 14.3 Å². The number of anilines is 1. The first-order valence-corrected chi connectivity index (χ1v) is 10.0. The number of nitrogens with zero attached hydrogens (tertiary/aromatic N) is 2. The van der Waals surface area contributed by atoms with Crippen molar-refractivity contribution in [1.29, 1.82) is 0 Å². The van der Waals surface area contributed by atoms with Crippen LogP contribution in [0.5, 0.6) is 11.5 Å². The molecule has 1 aromatic heterocycles. The van der Waals surface area contributed by atoms with Crippen LogP contribution >= 0.6 is 0 Å². The quantitative estimate of drug-likeness (QED) is 0.719. The van der Waals surface area contributed by atoms with E-state index in [1.807, 2.05) is 30.3 Å². The van der Waals surface area contributed by atoms with Crippen LogP contribution in [-0.2, 0) is 0 Å². The molecule has 0 unspecified atom stereocenters. The van der Waals surface area contributed by atoms with Gasteiger partial charge in [-0.15, -0.1) is 0 Å². The van der Waals surface area contributed by atoms with Gasteiger partial charge in [-0.05, 0) is 44.0 Å². The maximum Gasteiger partial charge on any atom is 0.280 e. The Kier molecular flexibility index (Phi) is 4.31. The first kappa shape index (κ1) is 18.4. The van der Waals surface area contributed by atoms with E-state index in [1.165, 1.54) is 6.07 Å². The fraction of sp³-hybridized carbons (Fsp3) is 0.261. The molecule has 0 saturated heterocycles. The molecule has 1 amide bonds. The summed E-state index contributed by atoms with van der Waals surface area (Å²) in [6.45, 7) is 1.78. The first-order chi connectivity index (χ1) is 14.5. The summed E-state index contributed by atoms with van der Waals surface area (Å²) in [6, 6.07) is 16.0. The summed E-state index contributed by atoms with van der Waals surface area (Å²) < 4.78 is 13.6. The van der Waals surface area contributed by atoms with Gasteiger partial charge in [-0.25, -0.2) is 4.68 Å². The number of aryl methyl sites for hydroxylation is 1. The van der Waals surface area contributed by atoms with Crippen LogP contribution in [0.3, 0.4) is 0 Å². The maximum atomic E-state index is 12.8. The number of hydrogen-bond acceptors (Lipinski definition) is 5. The molecular weight excluding hydrogens is 382 g/mol. The number of fused-ring (bicyclic) bond motifs is 1. The van der Waals surface area contributed by atoms with E-state index >= 15 is 0 Å². The number of nitrogens with one attached hydrogen (secondary N) is 1. The van der Waals surface area contributed by atoms with E-state index in [-0.39, 0.29) is 5.69 Å². The van der Waals surface area contributed by atoms with Crippen LogP contribution < -0.4 is 20.2 Å². The first-order valence-electron chi connectivity index (χ1n) is 10.0. The average Bonchev–Trinajstić information content (AvgIpc) is 3.34. The van der Waals surface area contributed by atoms with E-state index in [9.17, 15) is 9.59 Å². The molecule has 1 aliphatic carbocycles. The molecule has 0 atom stereocenters. The fourth-order valence-electron chi connectivity index (χ4n) is 4.01. The zero-order valence-electron chi connectivity index (χ0n) is 16.6. The van der Waals surface area contributed by atoms with Gasteiger partial charge in [0.05, 0.1) is 5.69 Å². The van der Waals surface area contributed by atoms with Crippen molar-refractivity contribution in [1.82, 2.24) is 9.78 Å². The second-order valence-electron chi connectivity index (χ2n) is 7.68. The Bertz CT molecular complexity index is 1180. The van der Waals surface area contributed by atoms with Crippen LogP contribution in [0.1, 0.15) is 41.9 Å². The Morgan fingerprint density at radius 2 is 1.77 bits per heavy atom. The molecule has 7 heteroatoms. The summed E-state index contributed by atoms with van der Waals surface area (Å²) in [6.07, 6.45) is 3.86. The summed E-state index contributed by atoms with van der Waals surface area (Å²) in [7, 11) is 0. The number of hydrogen-bond donors (Lipinski definition) is 1. The lowest BCUT2D eigenvalue weighted by Crippen LogP contribution is -2.34. The van der Waals surface area contributed by atoms with E-state index in [2.05, 4.69) is 10.4 Å². The lowest BCUT2D eigenvalue weighted by atomic mass is 10.2. The van der Waals surface area contributed by atoms with Crippen molar-refractivity contribution in [2.45, 2.75) is 38.4 Å². The Labute approximate surface area is 173 Å². The Morgan fingerprint density at radius 1 is 1.03 bits per heavy atom. The summed E-state index contributed by atoms with van der Waals surface area (Å²) in [5, 5.41) is 7.06. The summed E-state index contributed by atoms with van der Waals surface area (Å²) in [4.78, 5) is 25.3. The van der Waals surface area contributed by atoms with Crippen LogP contribution in [0.25, 0.3) is 5.69 Å². The normalized spacial score (nSPS) is 16.0. The van der Waals surface area contributed by atoms with E-state index in [0.717, 1.165) is 31.4 Å². The molecule has 3 aromatic rings. The molecule has 1 saturated carbocycles. The topological polar surface area (TPSA) is 82.5 Å². The molecule has 5 rings (SSSR count). The van der Waals surface area contributed by atoms with E-state index in [0.29, 0.717) is 22.9 Å². The molecule has 1 fully saturated rings. The van der Waals surface area contributed by atoms with Gasteiger partial charge in [0.15, 0.2) is 17.2 Å². The van der Waals surface area contributed by atoms with E-state index in [4.69, 9.17) is 9.47 Å². The Morgan fingerprint density at radius 3 is 2.53 bits per heavy atom. The van der Waals surface area contributed by atoms with Crippen LogP contribution in [-0.4, -0.2) is 21.5 Å². The van der Waals surface area contributed by atoms with Gasteiger partial charge in [0.2, 0.25) is 5.43 Å². The SMILES string of the molecule is Cc1cc(=O)c(C(=O)Nc2ccc3c(c2)OC2(CCCC2)O3)nn1-c1ccccc1. The highest BCUT2D eigenvalue weighted by molar-refractivity contribution is 6.02. The predicted octanol–water partition coefficient (Wildman–Crippen LogP) is 3.83. The lowest BCUT2D eigenvalue weighted by Gasteiger charge is -2.21. The monoisotopic (exact) mass is 403 g/mol. The van der Waals surface area contributed by atoms with Crippen LogP contribution in [0, 0.1) is 6.92 Å². The van der Waals surface area contributed by atoms with Gasteiger partial charge >= 0.3 is 0 Å². The summed E-state index contributed by atoms with van der Waals surface area (Å²) in [5.41, 5.74) is 1.34. The number of carbonyl (C=O) groups is 1. The predicted molar refractivity (Wildman–Crippen MR) is 111 cm³/mol. The third-order valence-electron chi connectivity index (χ3n) is 5.48. The van der Waals surface area contributed by atoms with Gasteiger partial charge < -0.3 is 14.8 Å². The van der Waals surface area contributed by atoms with Gasteiger partial charge in [0.1, 0.15) is 0 Å². The van der Waals surface area contributed by atoms with Gasteiger partial charge in [-0.1, -0.05) is 18.2 Å². The van der Waals surface area contributed by atoms with Crippen LogP contribution in [0.4, 0.5) is 5.69 Å². The van der Waals surface area contributed by atoms with Crippen LogP contribution in [0.2, 0.25) is 0 Å². The number of amides is 1. The molecule has 1 spiro atoms. The summed E-state index contributed by atoms with van der Waals surface area (Å²) >= 11 is 0. The Balaban J connectivity index is 1.41. The summed E-state index contributed by atoms with van der Waals surface area (Å²) in [5.74, 6) is 0.148. The number of carbonyl (C=O) groups excluding carboxylic acids is 1. The third kappa shape index (κ3) is 3.22. The zero-order chi connectivity index (χ0) is 20.7. The number of rotatable bonds is 3. The molecule has 7 nitrogen and oxygen atoms in total. The molecule has 2 aromatic carbocycles. The Hall–Kier alpha value is -3.61. The zero-order valence-corrected chi connectivity index (χ0v) is 16.6. The van der Waals surface area contributed by atoms with E-state index in [1.54, 1.807) is 29.8 Å². The molecular formula is C23H21N3O4. The van der Waals surface area contributed by atoms with Crippen molar-refractivity contribution in [3.05, 3.63) is 76.2 Å². The molecule has 152 valence electrons. The second-order valence-corrected chi connectivity index (χ2v) is 7.68. The lowest BCUT2D eigenvalue weighted by molar-refractivity contribution is -0.0716. The van der Waals surface area contributed by atoms with Crippen molar-refractivity contribution in [2.24, 2.45) is 0 Å². The minimum Gasteiger partial charge on any atom is -0.448 e.